The number of carbonyl (C=O) groups is 2. The normalized spacial score (nSPS) is 16.0. The molecule has 0 radical (unpaired) electrons. The van der Waals surface area contributed by atoms with E-state index in [1.807, 2.05) is 31.2 Å². The topological polar surface area (TPSA) is 162 Å². The number of fused-ring (bicyclic) bond motifs is 2. The van der Waals surface area contributed by atoms with Crippen LogP contribution in [0, 0.1) is 17.0 Å². The van der Waals surface area contributed by atoms with E-state index in [0.29, 0.717) is 46.4 Å². The van der Waals surface area contributed by atoms with Crippen LogP contribution in [0.25, 0.3) is 0 Å². The third-order valence-electron chi connectivity index (χ3n) is 6.80. The fourth-order valence-electron chi connectivity index (χ4n) is 4.64. The molecule has 11 heteroatoms. The van der Waals surface area contributed by atoms with Crippen LogP contribution in [0.15, 0.2) is 77.9 Å². The maximum absolute atomic E-state index is 12.9. The van der Waals surface area contributed by atoms with Crippen molar-refractivity contribution in [1.82, 2.24) is 5.01 Å². The molecule has 0 saturated carbocycles. The summed E-state index contributed by atoms with van der Waals surface area (Å²) in [6.07, 6.45) is 2.42. The number of hydrazone groups is 1. The highest BCUT2D eigenvalue weighted by Crippen LogP contribution is 2.38. The van der Waals surface area contributed by atoms with Crippen LogP contribution in [0.1, 0.15) is 54.1 Å². The molecule has 0 aliphatic carbocycles. The van der Waals surface area contributed by atoms with E-state index >= 15 is 0 Å². The monoisotopic (exact) mass is 572 g/mol. The summed E-state index contributed by atoms with van der Waals surface area (Å²) >= 11 is 0. The predicted octanol–water partition coefficient (Wildman–Crippen LogP) is 2.84. The van der Waals surface area contributed by atoms with Gasteiger partial charge in [0.15, 0.2) is 11.5 Å². The number of hydrogen-bond donors (Lipinski definition) is 1. The minimum Gasteiger partial charge on any atom is -0.550 e. The van der Waals surface area contributed by atoms with Crippen LogP contribution < -0.4 is 20.3 Å². The van der Waals surface area contributed by atoms with Crippen molar-refractivity contribution >= 4 is 23.3 Å². The molecule has 2 aliphatic heterocycles. The second-order valence-electron chi connectivity index (χ2n) is 10.1. The van der Waals surface area contributed by atoms with Crippen molar-refractivity contribution in [3.8, 4) is 11.5 Å². The van der Waals surface area contributed by atoms with Gasteiger partial charge in [0.1, 0.15) is 6.04 Å². The summed E-state index contributed by atoms with van der Waals surface area (Å²) in [7, 11) is 0. The highest BCUT2D eigenvalue weighted by molar-refractivity contribution is 6.15. The van der Waals surface area contributed by atoms with Crippen LogP contribution in [0.5, 0.6) is 11.5 Å². The number of benzene rings is 3. The summed E-state index contributed by atoms with van der Waals surface area (Å²) in [5, 5.41) is 27.9. The summed E-state index contributed by atoms with van der Waals surface area (Å²) in [6.45, 7) is 5.65. The first kappa shape index (κ1) is 29.9. The van der Waals surface area contributed by atoms with E-state index in [1.54, 1.807) is 25.1 Å². The number of nitro groups is 1. The number of amides is 1. The first-order chi connectivity index (χ1) is 20.0. The molecule has 2 atom stereocenters. The number of carboxylic acids is 1. The van der Waals surface area contributed by atoms with Gasteiger partial charge in [-0.2, -0.15) is 5.10 Å². The van der Waals surface area contributed by atoms with Crippen molar-refractivity contribution in [2.24, 2.45) is 5.10 Å². The Morgan fingerprint density at radius 2 is 1.83 bits per heavy atom. The highest BCUT2D eigenvalue weighted by Gasteiger charge is 2.29. The van der Waals surface area contributed by atoms with E-state index in [9.17, 15) is 24.8 Å². The first-order valence-electron chi connectivity index (χ1n) is 13.4. The molecule has 11 nitrogen and oxygen atoms in total. The van der Waals surface area contributed by atoms with Gasteiger partial charge in [-0.1, -0.05) is 36.4 Å². The molecule has 0 aromatic heterocycles. The number of quaternary nitrogens is 1. The smallest absolute Gasteiger partial charge is 0.272 e. The van der Waals surface area contributed by atoms with Crippen molar-refractivity contribution in [1.29, 1.82) is 0 Å². The van der Waals surface area contributed by atoms with Crippen LogP contribution in [-0.4, -0.2) is 40.4 Å². The number of nitro benzene ring substituents is 1. The molecule has 3 aromatic carbocycles. The molecular formula is C31H32N4O7. The van der Waals surface area contributed by atoms with Gasteiger partial charge in [-0.05, 0) is 57.0 Å². The molecule has 1 amide bonds. The Bertz CT molecular complexity index is 1550. The van der Waals surface area contributed by atoms with Gasteiger partial charge in [0.25, 0.3) is 11.6 Å². The molecule has 0 unspecified atom stereocenters. The lowest BCUT2D eigenvalue weighted by atomic mass is 9.93. The van der Waals surface area contributed by atoms with Gasteiger partial charge in [0.2, 0.25) is 6.79 Å². The zero-order chi connectivity index (χ0) is 30.4. The Kier molecular flexibility index (Phi) is 9.33. The molecule has 42 heavy (non-hydrogen) atoms. The Labute approximate surface area is 243 Å². The molecular weight excluding hydrogens is 540 g/mol. The van der Waals surface area contributed by atoms with Crippen molar-refractivity contribution in [2.45, 2.75) is 45.7 Å². The lowest BCUT2D eigenvalue weighted by Gasteiger charge is -2.22. The molecule has 2 aliphatic rings. The lowest BCUT2D eigenvalue weighted by Crippen LogP contribution is -2.51. The zero-order valence-electron chi connectivity index (χ0n) is 23.6. The fraction of sp³-hybridized carbons (Fsp3) is 0.258. The van der Waals surface area contributed by atoms with Gasteiger partial charge < -0.3 is 25.1 Å². The summed E-state index contributed by atoms with van der Waals surface area (Å²) in [4.78, 5) is 34.3. The van der Waals surface area contributed by atoms with Gasteiger partial charge in [-0.3, -0.25) is 14.9 Å². The number of ether oxygens (including phenoxy) is 2. The van der Waals surface area contributed by atoms with Crippen LogP contribution in [-0.2, 0) is 16.0 Å². The molecule has 0 saturated heterocycles. The molecule has 0 fully saturated rings. The van der Waals surface area contributed by atoms with Gasteiger partial charge in [0, 0.05) is 46.8 Å². The fourth-order valence-corrected chi connectivity index (χ4v) is 4.64. The second kappa shape index (κ2) is 13.1. The zero-order valence-corrected chi connectivity index (χ0v) is 23.6. The minimum absolute atomic E-state index is 0.0228. The van der Waals surface area contributed by atoms with E-state index in [2.05, 4.69) is 29.9 Å². The summed E-state index contributed by atoms with van der Waals surface area (Å²) in [5.41, 5.74) is 8.25. The Hall–Kier alpha value is -5.03. The maximum Gasteiger partial charge on any atom is 0.272 e. The number of rotatable bonds is 6. The molecule has 0 spiro atoms. The van der Waals surface area contributed by atoms with Crippen molar-refractivity contribution < 1.29 is 34.8 Å². The molecule has 218 valence electrons. The minimum atomic E-state index is -1.30. The number of carbonyl (C=O) groups excluding carboxylic acids is 2. The van der Waals surface area contributed by atoms with Crippen molar-refractivity contribution in [3.05, 3.63) is 111 Å². The van der Waals surface area contributed by atoms with Crippen LogP contribution >= 0.6 is 0 Å². The largest absolute Gasteiger partial charge is 0.550 e. The van der Waals surface area contributed by atoms with Crippen LogP contribution in [0.2, 0.25) is 0 Å². The second-order valence-corrected chi connectivity index (χ2v) is 10.1. The molecule has 2 heterocycles. The first-order valence-corrected chi connectivity index (χ1v) is 13.4. The molecule has 0 bridgehead atoms. The van der Waals surface area contributed by atoms with Gasteiger partial charge in [0.05, 0.1) is 16.7 Å². The third kappa shape index (κ3) is 6.99. The van der Waals surface area contributed by atoms with E-state index in [1.165, 1.54) is 22.7 Å². The Balaban J connectivity index is 0.000000385. The molecule has 3 N–H and O–H groups in total. The van der Waals surface area contributed by atoms with Crippen molar-refractivity contribution in [3.63, 3.8) is 0 Å². The average molecular weight is 573 g/mol. The van der Waals surface area contributed by atoms with Crippen LogP contribution in [0.4, 0.5) is 5.69 Å². The van der Waals surface area contributed by atoms with Crippen molar-refractivity contribution in [2.75, 3.05) is 6.79 Å². The van der Waals surface area contributed by atoms with E-state index in [4.69, 9.17) is 9.47 Å². The predicted molar refractivity (Wildman–Crippen MR) is 153 cm³/mol. The SMILES string of the molecule is C[C@H]([NH3+])c1ccccc1.Cc1cc(C2=NN(C(=O)C=CCC(=O)[O-])[C@H](C)Cc3cc4c(cc32)OCO4)ccc1[N+](=O)[O-]. The molecule has 5 rings (SSSR count). The van der Waals surface area contributed by atoms with Gasteiger partial charge in [-0.25, -0.2) is 5.01 Å². The number of hydrogen-bond acceptors (Lipinski definition) is 8. The van der Waals surface area contributed by atoms with Crippen LogP contribution in [0.3, 0.4) is 0 Å². The number of aryl methyl sites for hydroxylation is 1. The Morgan fingerprint density at radius 3 is 2.43 bits per heavy atom. The van der Waals surface area contributed by atoms with E-state index < -0.39 is 23.2 Å². The van der Waals surface area contributed by atoms with Gasteiger partial charge in [-0.15, -0.1) is 0 Å². The highest BCUT2D eigenvalue weighted by atomic mass is 16.7. The third-order valence-corrected chi connectivity index (χ3v) is 6.80. The quantitative estimate of drug-likeness (QED) is 0.270. The van der Waals surface area contributed by atoms with E-state index in [-0.39, 0.29) is 18.5 Å². The average Bonchev–Trinajstić information content (AvgIpc) is 3.35. The summed E-state index contributed by atoms with van der Waals surface area (Å²) in [5.74, 6) is -0.654. The Morgan fingerprint density at radius 1 is 1.14 bits per heavy atom. The standard InChI is InChI=1S/C23H21N3O7.C8H11N/c1-13-8-15(6-7-18(13)26(30)31)23-17-11-20-19(32-12-33-20)10-16(17)9-14(2)25(24-23)21(27)4-3-5-22(28)29;1-7(9)8-5-3-2-4-6-8/h3-4,6-8,10-11,14H,5,9,12H2,1-2H3,(H,28,29);2-7H,9H2,1H3/t14-;7-/m10/s1. The number of nitrogens with zero attached hydrogens (tertiary/aromatic N) is 3. The van der Waals surface area contributed by atoms with E-state index in [0.717, 1.165) is 11.6 Å². The number of aliphatic carboxylic acids is 1. The van der Waals surface area contributed by atoms with Gasteiger partial charge >= 0.3 is 0 Å². The molecule has 3 aromatic rings. The lowest BCUT2D eigenvalue weighted by molar-refractivity contribution is -0.420. The number of carboxylic acid groups (broad SMARTS) is 1. The maximum atomic E-state index is 12.9. The summed E-state index contributed by atoms with van der Waals surface area (Å²) < 4.78 is 11.0. The summed E-state index contributed by atoms with van der Waals surface area (Å²) in [6, 6.07) is 18.6.